The largest absolute Gasteiger partial charge is 0.378 e. The summed E-state index contributed by atoms with van der Waals surface area (Å²) in [5, 5.41) is 3.70. The van der Waals surface area contributed by atoms with Crippen LogP contribution in [-0.2, 0) is 4.74 Å². The maximum atomic E-state index is 11.2. The van der Waals surface area contributed by atoms with Gasteiger partial charge < -0.3 is 20.7 Å². The average molecular weight is 242 g/mol. The third-order valence-electron chi connectivity index (χ3n) is 2.36. The van der Waals surface area contributed by atoms with E-state index in [1.54, 1.807) is 7.05 Å². The fourth-order valence-corrected chi connectivity index (χ4v) is 2.51. The Morgan fingerprint density at radius 1 is 1.56 bits per heavy atom. The lowest BCUT2D eigenvalue weighted by Gasteiger charge is -2.25. The molecule has 1 saturated heterocycles. The summed E-state index contributed by atoms with van der Waals surface area (Å²) >= 11 is 1.32. The molecule has 0 aliphatic carbocycles. The summed E-state index contributed by atoms with van der Waals surface area (Å²) in [5.74, 6) is 0.111. The maximum Gasteiger partial charge on any atom is 0.262 e. The number of ether oxygens (including phenoxy) is 1. The Hall–Kier alpha value is -1.34. The fraction of sp³-hybridized carbons (Fsp3) is 0.556. The molecule has 0 bridgehead atoms. The Balaban J connectivity index is 2.24. The standard InChI is InChI=1S/C9H14N4O2S/c1-11-8-6(7(10)14)16-9(12-8)13-2-4-15-5-3-13/h11H,2-5H2,1H3,(H2,10,14). The first-order chi connectivity index (χ1) is 7.72. The van der Waals surface area contributed by atoms with Crippen LogP contribution in [0.1, 0.15) is 9.67 Å². The van der Waals surface area contributed by atoms with E-state index >= 15 is 0 Å². The average Bonchev–Trinajstić information content (AvgIpc) is 2.74. The Morgan fingerprint density at radius 3 is 2.75 bits per heavy atom. The highest BCUT2D eigenvalue weighted by Crippen LogP contribution is 2.29. The number of carbonyl (C=O) groups is 1. The van der Waals surface area contributed by atoms with Gasteiger partial charge in [-0.3, -0.25) is 4.79 Å². The first-order valence-electron chi connectivity index (χ1n) is 5.03. The minimum absolute atomic E-state index is 0.443. The fourth-order valence-electron chi connectivity index (χ4n) is 1.54. The second-order valence-electron chi connectivity index (χ2n) is 3.39. The van der Waals surface area contributed by atoms with E-state index in [0.717, 1.165) is 18.2 Å². The van der Waals surface area contributed by atoms with Crippen molar-refractivity contribution in [1.29, 1.82) is 0 Å². The molecule has 1 aromatic heterocycles. The van der Waals surface area contributed by atoms with E-state index in [-0.39, 0.29) is 0 Å². The van der Waals surface area contributed by atoms with E-state index in [2.05, 4.69) is 15.2 Å². The van der Waals surface area contributed by atoms with Gasteiger partial charge in [0.05, 0.1) is 13.2 Å². The van der Waals surface area contributed by atoms with Crippen molar-refractivity contribution in [2.75, 3.05) is 43.6 Å². The number of carbonyl (C=O) groups excluding carboxylic acids is 1. The van der Waals surface area contributed by atoms with Crippen molar-refractivity contribution in [3.05, 3.63) is 4.88 Å². The lowest BCUT2D eigenvalue weighted by molar-refractivity contribution is 0.100. The number of hydrogen-bond donors (Lipinski definition) is 2. The molecule has 6 nitrogen and oxygen atoms in total. The second kappa shape index (κ2) is 4.67. The van der Waals surface area contributed by atoms with Crippen LogP contribution >= 0.6 is 11.3 Å². The number of anilines is 2. The summed E-state index contributed by atoms with van der Waals surface area (Å²) in [4.78, 5) is 18.1. The molecule has 16 heavy (non-hydrogen) atoms. The van der Waals surface area contributed by atoms with Gasteiger partial charge in [0.2, 0.25) is 0 Å². The summed E-state index contributed by atoms with van der Waals surface area (Å²) in [7, 11) is 1.73. The molecular weight excluding hydrogens is 228 g/mol. The Labute approximate surface area is 97.4 Å². The highest BCUT2D eigenvalue weighted by Gasteiger charge is 2.20. The number of aromatic nitrogens is 1. The van der Waals surface area contributed by atoms with E-state index in [1.807, 2.05) is 0 Å². The molecule has 1 fully saturated rings. The molecule has 0 spiro atoms. The van der Waals surface area contributed by atoms with Crippen LogP contribution in [0.15, 0.2) is 0 Å². The molecular formula is C9H14N4O2S. The van der Waals surface area contributed by atoms with Gasteiger partial charge in [-0.2, -0.15) is 0 Å². The molecule has 88 valence electrons. The van der Waals surface area contributed by atoms with E-state index in [0.29, 0.717) is 23.9 Å². The van der Waals surface area contributed by atoms with E-state index in [1.165, 1.54) is 11.3 Å². The van der Waals surface area contributed by atoms with Crippen LogP contribution in [0.2, 0.25) is 0 Å². The SMILES string of the molecule is CNc1nc(N2CCOCC2)sc1C(N)=O. The van der Waals surface area contributed by atoms with Crippen molar-refractivity contribution in [3.63, 3.8) is 0 Å². The monoisotopic (exact) mass is 242 g/mol. The number of nitrogens with two attached hydrogens (primary N) is 1. The summed E-state index contributed by atoms with van der Waals surface area (Å²) in [6, 6.07) is 0. The quantitative estimate of drug-likeness (QED) is 0.787. The van der Waals surface area contributed by atoms with E-state index in [4.69, 9.17) is 10.5 Å². The molecule has 0 atom stereocenters. The van der Waals surface area contributed by atoms with E-state index in [9.17, 15) is 4.79 Å². The topological polar surface area (TPSA) is 80.5 Å². The van der Waals surface area contributed by atoms with Crippen LogP contribution in [-0.4, -0.2) is 44.2 Å². The number of morpholine rings is 1. The van der Waals surface area contributed by atoms with Crippen molar-refractivity contribution >= 4 is 28.2 Å². The minimum Gasteiger partial charge on any atom is -0.378 e. The molecule has 0 radical (unpaired) electrons. The molecule has 2 rings (SSSR count). The molecule has 7 heteroatoms. The van der Waals surface area contributed by atoms with Crippen LogP contribution in [0.4, 0.5) is 10.9 Å². The summed E-state index contributed by atoms with van der Waals surface area (Å²) in [6.45, 7) is 2.99. The molecule has 1 aliphatic heterocycles. The number of primary amides is 1. The lowest BCUT2D eigenvalue weighted by Crippen LogP contribution is -2.36. The predicted octanol–water partition coefficient (Wildman–Crippen LogP) is 0.120. The highest BCUT2D eigenvalue weighted by molar-refractivity contribution is 7.18. The van der Waals surface area contributed by atoms with Crippen LogP contribution in [0.3, 0.4) is 0 Å². The van der Waals surface area contributed by atoms with Crippen LogP contribution in [0.5, 0.6) is 0 Å². The number of thiazole rings is 1. The Morgan fingerprint density at radius 2 is 2.25 bits per heavy atom. The van der Waals surface area contributed by atoms with Crippen LogP contribution < -0.4 is 16.0 Å². The van der Waals surface area contributed by atoms with Gasteiger partial charge in [-0.1, -0.05) is 11.3 Å². The number of amides is 1. The van der Waals surface area contributed by atoms with Crippen LogP contribution in [0.25, 0.3) is 0 Å². The smallest absolute Gasteiger partial charge is 0.262 e. The van der Waals surface area contributed by atoms with Gasteiger partial charge in [-0.15, -0.1) is 0 Å². The van der Waals surface area contributed by atoms with Gasteiger partial charge in [0.25, 0.3) is 5.91 Å². The van der Waals surface area contributed by atoms with Crippen molar-refractivity contribution in [1.82, 2.24) is 4.98 Å². The van der Waals surface area contributed by atoms with Gasteiger partial charge in [0, 0.05) is 20.1 Å². The first kappa shape index (κ1) is 11.2. The molecule has 0 aromatic carbocycles. The van der Waals surface area contributed by atoms with Crippen LogP contribution in [0, 0.1) is 0 Å². The van der Waals surface area contributed by atoms with Crippen molar-refractivity contribution < 1.29 is 9.53 Å². The lowest BCUT2D eigenvalue weighted by atomic mass is 10.4. The van der Waals surface area contributed by atoms with Crippen molar-refractivity contribution in [2.45, 2.75) is 0 Å². The molecule has 1 amide bonds. The summed E-state index contributed by atoms with van der Waals surface area (Å²) in [6.07, 6.45) is 0. The molecule has 0 unspecified atom stereocenters. The van der Waals surface area contributed by atoms with Gasteiger partial charge in [0.1, 0.15) is 4.88 Å². The van der Waals surface area contributed by atoms with Crippen molar-refractivity contribution in [3.8, 4) is 0 Å². The number of nitrogens with one attached hydrogen (secondary N) is 1. The number of rotatable bonds is 3. The summed E-state index contributed by atoms with van der Waals surface area (Å²) in [5.41, 5.74) is 5.28. The zero-order chi connectivity index (χ0) is 11.5. The first-order valence-corrected chi connectivity index (χ1v) is 5.85. The molecule has 1 aromatic rings. The maximum absolute atomic E-state index is 11.2. The minimum atomic E-state index is -0.443. The third kappa shape index (κ3) is 2.10. The van der Waals surface area contributed by atoms with Gasteiger partial charge in [-0.25, -0.2) is 4.98 Å². The molecule has 3 N–H and O–H groups in total. The Bertz CT molecular complexity index is 387. The Kier molecular flexibility index (Phi) is 3.25. The number of nitrogens with zero attached hydrogens (tertiary/aromatic N) is 2. The normalized spacial score (nSPS) is 16.2. The zero-order valence-electron chi connectivity index (χ0n) is 9.02. The van der Waals surface area contributed by atoms with E-state index < -0.39 is 5.91 Å². The summed E-state index contributed by atoms with van der Waals surface area (Å²) < 4.78 is 5.26. The molecule has 2 heterocycles. The highest BCUT2D eigenvalue weighted by atomic mass is 32.1. The zero-order valence-corrected chi connectivity index (χ0v) is 9.84. The number of hydrogen-bond acceptors (Lipinski definition) is 6. The van der Waals surface area contributed by atoms with Gasteiger partial charge >= 0.3 is 0 Å². The van der Waals surface area contributed by atoms with Crippen molar-refractivity contribution in [2.24, 2.45) is 5.73 Å². The van der Waals surface area contributed by atoms with Gasteiger partial charge in [-0.05, 0) is 0 Å². The third-order valence-corrected chi connectivity index (χ3v) is 3.49. The van der Waals surface area contributed by atoms with Gasteiger partial charge in [0.15, 0.2) is 10.9 Å². The second-order valence-corrected chi connectivity index (χ2v) is 4.37. The molecule has 1 aliphatic rings. The molecule has 0 saturated carbocycles. The predicted molar refractivity (Wildman–Crippen MR) is 63.2 cm³/mol.